The molecule has 17 heavy (non-hydrogen) atoms. The molecule has 1 aromatic carbocycles. The van der Waals surface area contributed by atoms with Gasteiger partial charge in [-0.15, -0.1) is 0 Å². The molecule has 0 amide bonds. The van der Waals surface area contributed by atoms with Gasteiger partial charge >= 0.3 is 0 Å². The first-order valence-corrected chi connectivity index (χ1v) is 6.40. The fourth-order valence-electron chi connectivity index (χ4n) is 2.27. The van der Waals surface area contributed by atoms with Gasteiger partial charge in [0.05, 0.1) is 12.7 Å². The largest absolute Gasteiger partial charge is 0.376 e. The van der Waals surface area contributed by atoms with Crippen LogP contribution >= 0.6 is 0 Å². The summed E-state index contributed by atoms with van der Waals surface area (Å²) in [5.74, 6) is 0. The molecule has 1 atom stereocenters. The molecular weight excluding hydrogens is 212 g/mol. The van der Waals surface area contributed by atoms with Crippen molar-refractivity contribution in [2.75, 3.05) is 26.2 Å². The van der Waals surface area contributed by atoms with E-state index in [0.717, 1.165) is 39.2 Å². The fraction of sp³-hybridized carbons (Fsp3) is 0.571. The molecule has 94 valence electrons. The molecule has 2 N–H and O–H groups in total. The van der Waals surface area contributed by atoms with Gasteiger partial charge < -0.3 is 10.5 Å². The third-order valence-electron chi connectivity index (χ3n) is 3.19. The second-order valence-corrected chi connectivity index (χ2v) is 4.77. The lowest BCUT2D eigenvalue weighted by atomic mass is 10.1. The van der Waals surface area contributed by atoms with E-state index in [1.54, 1.807) is 0 Å². The molecule has 0 saturated carbocycles. The summed E-state index contributed by atoms with van der Waals surface area (Å²) in [5.41, 5.74) is 8.24. The van der Waals surface area contributed by atoms with Crippen LogP contribution in [0.5, 0.6) is 0 Å². The van der Waals surface area contributed by atoms with Gasteiger partial charge in [0.15, 0.2) is 0 Å². The Morgan fingerprint density at radius 1 is 1.29 bits per heavy atom. The van der Waals surface area contributed by atoms with E-state index in [4.69, 9.17) is 10.5 Å². The number of morpholine rings is 1. The zero-order valence-electron chi connectivity index (χ0n) is 10.6. The van der Waals surface area contributed by atoms with Crippen LogP contribution in [0.4, 0.5) is 0 Å². The van der Waals surface area contributed by atoms with Crippen molar-refractivity contribution in [3.05, 3.63) is 35.4 Å². The van der Waals surface area contributed by atoms with Crippen molar-refractivity contribution in [1.29, 1.82) is 0 Å². The number of benzene rings is 1. The molecule has 3 nitrogen and oxygen atoms in total. The lowest BCUT2D eigenvalue weighted by Crippen LogP contribution is -2.40. The number of hydrogen-bond acceptors (Lipinski definition) is 3. The molecule has 1 heterocycles. The van der Waals surface area contributed by atoms with Gasteiger partial charge in [-0.3, -0.25) is 4.90 Å². The highest BCUT2D eigenvalue weighted by Gasteiger charge is 2.16. The third kappa shape index (κ3) is 3.80. The molecule has 1 unspecified atom stereocenters. The number of nitrogens with two attached hydrogens (primary N) is 1. The van der Waals surface area contributed by atoms with Gasteiger partial charge in [-0.25, -0.2) is 0 Å². The van der Waals surface area contributed by atoms with E-state index in [2.05, 4.69) is 36.1 Å². The second kappa shape index (κ2) is 6.15. The van der Waals surface area contributed by atoms with Gasteiger partial charge in [0.25, 0.3) is 0 Å². The molecule has 0 spiro atoms. The molecule has 1 saturated heterocycles. The van der Waals surface area contributed by atoms with Crippen molar-refractivity contribution in [3.63, 3.8) is 0 Å². The molecule has 3 heteroatoms. The van der Waals surface area contributed by atoms with Crippen molar-refractivity contribution in [3.8, 4) is 0 Å². The Bertz CT molecular complexity index is 337. The van der Waals surface area contributed by atoms with E-state index < -0.39 is 0 Å². The average Bonchev–Trinajstić information content (AvgIpc) is 2.32. The Morgan fingerprint density at radius 2 is 2.00 bits per heavy atom. The maximum atomic E-state index is 5.54. The normalized spacial score (nSPS) is 21.6. The number of hydrogen-bond donors (Lipinski definition) is 1. The Kier molecular flexibility index (Phi) is 4.54. The SMILES string of the molecule is CC1CN(Cc2ccc(CCN)cc2)CCO1. The van der Waals surface area contributed by atoms with E-state index in [-0.39, 0.29) is 0 Å². The summed E-state index contributed by atoms with van der Waals surface area (Å²) in [5, 5.41) is 0. The summed E-state index contributed by atoms with van der Waals surface area (Å²) in [6, 6.07) is 8.80. The number of nitrogens with zero attached hydrogens (tertiary/aromatic N) is 1. The lowest BCUT2D eigenvalue weighted by Gasteiger charge is -2.31. The van der Waals surface area contributed by atoms with Crippen molar-refractivity contribution < 1.29 is 4.74 Å². The molecule has 0 radical (unpaired) electrons. The Labute approximate surface area is 104 Å². The van der Waals surface area contributed by atoms with Crippen LogP contribution < -0.4 is 5.73 Å². The molecule has 1 aliphatic heterocycles. The minimum atomic E-state index is 0.361. The predicted molar refractivity (Wildman–Crippen MR) is 69.9 cm³/mol. The molecule has 0 bridgehead atoms. The van der Waals surface area contributed by atoms with Crippen LogP contribution in [0.15, 0.2) is 24.3 Å². The maximum Gasteiger partial charge on any atom is 0.0674 e. The van der Waals surface area contributed by atoms with Crippen LogP contribution in [0.1, 0.15) is 18.1 Å². The Balaban J connectivity index is 1.89. The molecule has 0 aliphatic carbocycles. The van der Waals surface area contributed by atoms with Crippen LogP contribution in [0.2, 0.25) is 0 Å². The standard InChI is InChI=1S/C14H22N2O/c1-12-10-16(8-9-17-12)11-14-4-2-13(3-5-14)6-7-15/h2-5,12H,6-11,15H2,1H3. The monoisotopic (exact) mass is 234 g/mol. The van der Waals surface area contributed by atoms with Gasteiger partial charge in [0.1, 0.15) is 0 Å². The van der Waals surface area contributed by atoms with E-state index >= 15 is 0 Å². The minimum absolute atomic E-state index is 0.361. The molecule has 1 aromatic rings. The van der Waals surface area contributed by atoms with Crippen molar-refractivity contribution in [1.82, 2.24) is 4.90 Å². The summed E-state index contributed by atoms with van der Waals surface area (Å²) >= 11 is 0. The lowest BCUT2D eigenvalue weighted by molar-refractivity contribution is -0.0212. The topological polar surface area (TPSA) is 38.5 Å². The number of ether oxygens (including phenoxy) is 1. The molecule has 1 fully saturated rings. The highest BCUT2D eigenvalue weighted by molar-refractivity contribution is 5.22. The summed E-state index contributed by atoms with van der Waals surface area (Å²) in [4.78, 5) is 2.45. The first-order valence-electron chi connectivity index (χ1n) is 6.40. The minimum Gasteiger partial charge on any atom is -0.376 e. The summed E-state index contributed by atoms with van der Waals surface area (Å²) in [7, 11) is 0. The van der Waals surface area contributed by atoms with Crippen LogP contribution in [-0.2, 0) is 17.7 Å². The second-order valence-electron chi connectivity index (χ2n) is 4.77. The smallest absolute Gasteiger partial charge is 0.0674 e. The van der Waals surface area contributed by atoms with Crippen LogP contribution in [0.25, 0.3) is 0 Å². The molecule has 0 aromatic heterocycles. The summed E-state index contributed by atoms with van der Waals surface area (Å²) in [6.07, 6.45) is 1.33. The molecular formula is C14H22N2O. The van der Waals surface area contributed by atoms with Crippen LogP contribution in [0, 0.1) is 0 Å². The van der Waals surface area contributed by atoms with E-state index in [0.29, 0.717) is 6.10 Å². The van der Waals surface area contributed by atoms with E-state index in [1.165, 1.54) is 11.1 Å². The average molecular weight is 234 g/mol. The highest BCUT2D eigenvalue weighted by Crippen LogP contribution is 2.11. The third-order valence-corrected chi connectivity index (χ3v) is 3.19. The van der Waals surface area contributed by atoms with Gasteiger partial charge in [0.2, 0.25) is 0 Å². The van der Waals surface area contributed by atoms with Gasteiger partial charge in [-0.1, -0.05) is 24.3 Å². The maximum absolute atomic E-state index is 5.54. The van der Waals surface area contributed by atoms with Gasteiger partial charge in [-0.05, 0) is 31.0 Å². The van der Waals surface area contributed by atoms with Gasteiger partial charge in [0, 0.05) is 19.6 Å². The first kappa shape index (κ1) is 12.6. The Hall–Kier alpha value is -0.900. The first-order chi connectivity index (χ1) is 8.28. The fourth-order valence-corrected chi connectivity index (χ4v) is 2.27. The Morgan fingerprint density at radius 3 is 2.65 bits per heavy atom. The van der Waals surface area contributed by atoms with E-state index in [9.17, 15) is 0 Å². The molecule has 2 rings (SSSR count). The van der Waals surface area contributed by atoms with E-state index in [1.807, 2.05) is 0 Å². The summed E-state index contributed by atoms with van der Waals surface area (Å²) < 4.78 is 5.54. The van der Waals surface area contributed by atoms with Crippen molar-refractivity contribution in [2.45, 2.75) is 26.0 Å². The zero-order valence-corrected chi connectivity index (χ0v) is 10.6. The van der Waals surface area contributed by atoms with Gasteiger partial charge in [-0.2, -0.15) is 0 Å². The van der Waals surface area contributed by atoms with Crippen molar-refractivity contribution in [2.24, 2.45) is 5.73 Å². The van der Waals surface area contributed by atoms with Crippen LogP contribution in [-0.4, -0.2) is 37.2 Å². The zero-order chi connectivity index (χ0) is 12.1. The highest BCUT2D eigenvalue weighted by atomic mass is 16.5. The van der Waals surface area contributed by atoms with Crippen molar-refractivity contribution >= 4 is 0 Å². The number of rotatable bonds is 4. The molecule has 1 aliphatic rings. The predicted octanol–water partition coefficient (Wildman–Crippen LogP) is 1.41. The van der Waals surface area contributed by atoms with Crippen LogP contribution in [0.3, 0.4) is 0 Å². The summed E-state index contributed by atoms with van der Waals surface area (Å²) in [6.45, 7) is 6.80. The quantitative estimate of drug-likeness (QED) is 0.856.